The van der Waals surface area contributed by atoms with Gasteiger partial charge in [0.1, 0.15) is 0 Å². The largest absolute Gasteiger partial charge is 0.300 e. The van der Waals surface area contributed by atoms with Gasteiger partial charge >= 0.3 is 0 Å². The first kappa shape index (κ1) is 11.0. The monoisotopic (exact) mass is 227 g/mol. The molecule has 3 nitrogen and oxygen atoms in total. The lowest BCUT2D eigenvalue weighted by atomic mass is 9.99. The summed E-state index contributed by atoms with van der Waals surface area (Å²) in [5.74, 6) is 0.660. The molecular weight excluding hydrogens is 210 g/mol. The van der Waals surface area contributed by atoms with Gasteiger partial charge in [-0.25, -0.2) is 0 Å². The van der Waals surface area contributed by atoms with Crippen molar-refractivity contribution in [1.82, 2.24) is 14.7 Å². The quantitative estimate of drug-likeness (QED) is 0.735. The standard InChI is InChI=1S/C11H18ClN3/c1-10-3-6-14(9-11(10)12)7-8-15-5-2-4-13-15/h2,4-5,10-11H,3,6-9H2,1H3. The highest BCUT2D eigenvalue weighted by molar-refractivity contribution is 6.21. The van der Waals surface area contributed by atoms with Gasteiger partial charge in [-0.05, 0) is 24.9 Å². The minimum Gasteiger partial charge on any atom is -0.300 e. The second-order valence-corrected chi connectivity index (χ2v) is 4.91. The van der Waals surface area contributed by atoms with E-state index in [1.165, 1.54) is 13.0 Å². The van der Waals surface area contributed by atoms with Crippen LogP contribution in [0.15, 0.2) is 18.5 Å². The zero-order valence-electron chi connectivity index (χ0n) is 9.14. The normalized spacial score (nSPS) is 28.1. The highest BCUT2D eigenvalue weighted by atomic mass is 35.5. The summed E-state index contributed by atoms with van der Waals surface area (Å²) in [4.78, 5) is 2.43. The van der Waals surface area contributed by atoms with Gasteiger partial charge in [-0.1, -0.05) is 6.92 Å². The lowest BCUT2D eigenvalue weighted by molar-refractivity contribution is 0.188. The number of hydrogen-bond acceptors (Lipinski definition) is 2. The zero-order chi connectivity index (χ0) is 10.7. The lowest BCUT2D eigenvalue weighted by Gasteiger charge is -2.33. The van der Waals surface area contributed by atoms with Crippen LogP contribution in [0.2, 0.25) is 0 Å². The van der Waals surface area contributed by atoms with Gasteiger partial charge in [0, 0.05) is 30.9 Å². The van der Waals surface area contributed by atoms with Crippen LogP contribution >= 0.6 is 11.6 Å². The summed E-state index contributed by atoms with van der Waals surface area (Å²) in [7, 11) is 0. The fourth-order valence-corrected chi connectivity index (χ4v) is 2.29. The fraction of sp³-hybridized carbons (Fsp3) is 0.727. The molecule has 0 amide bonds. The average molecular weight is 228 g/mol. The first-order valence-corrected chi connectivity index (χ1v) is 6.03. The van der Waals surface area contributed by atoms with Crippen LogP contribution in [-0.4, -0.2) is 39.7 Å². The van der Waals surface area contributed by atoms with E-state index in [9.17, 15) is 0 Å². The van der Waals surface area contributed by atoms with E-state index in [1.807, 2.05) is 23.1 Å². The number of rotatable bonds is 3. The first-order valence-electron chi connectivity index (χ1n) is 5.59. The Labute approximate surface area is 96.0 Å². The molecule has 0 bridgehead atoms. The van der Waals surface area contributed by atoms with Crippen molar-refractivity contribution in [2.24, 2.45) is 5.92 Å². The van der Waals surface area contributed by atoms with Gasteiger partial charge in [0.15, 0.2) is 0 Å². The molecule has 84 valence electrons. The molecule has 2 rings (SSSR count). The molecule has 15 heavy (non-hydrogen) atoms. The van der Waals surface area contributed by atoms with Crippen LogP contribution in [0.4, 0.5) is 0 Å². The molecule has 1 aliphatic rings. The Morgan fingerprint density at radius 1 is 1.47 bits per heavy atom. The number of aromatic nitrogens is 2. The maximum Gasteiger partial charge on any atom is 0.0536 e. The highest BCUT2D eigenvalue weighted by Crippen LogP contribution is 2.21. The number of piperidine rings is 1. The van der Waals surface area contributed by atoms with Gasteiger partial charge in [0.2, 0.25) is 0 Å². The van der Waals surface area contributed by atoms with Crippen LogP contribution in [-0.2, 0) is 6.54 Å². The van der Waals surface area contributed by atoms with Crippen molar-refractivity contribution >= 4 is 11.6 Å². The van der Waals surface area contributed by atoms with Crippen molar-refractivity contribution in [1.29, 1.82) is 0 Å². The number of likely N-dealkylation sites (tertiary alicyclic amines) is 1. The van der Waals surface area contributed by atoms with Gasteiger partial charge in [-0.15, -0.1) is 11.6 Å². The summed E-state index contributed by atoms with van der Waals surface area (Å²) in [6.45, 7) is 6.45. The summed E-state index contributed by atoms with van der Waals surface area (Å²) >= 11 is 6.26. The van der Waals surface area contributed by atoms with Crippen molar-refractivity contribution < 1.29 is 0 Å². The number of hydrogen-bond donors (Lipinski definition) is 0. The van der Waals surface area contributed by atoms with Crippen molar-refractivity contribution in [3.63, 3.8) is 0 Å². The Morgan fingerprint density at radius 3 is 3.00 bits per heavy atom. The molecule has 0 spiro atoms. The second kappa shape index (κ2) is 4.99. The van der Waals surface area contributed by atoms with Gasteiger partial charge in [0.25, 0.3) is 0 Å². The van der Waals surface area contributed by atoms with Crippen LogP contribution in [0, 0.1) is 5.92 Å². The Kier molecular flexibility index (Phi) is 3.65. The lowest BCUT2D eigenvalue weighted by Crippen LogP contribution is -2.41. The van der Waals surface area contributed by atoms with E-state index < -0.39 is 0 Å². The molecule has 0 aromatic carbocycles. The van der Waals surface area contributed by atoms with Gasteiger partial charge < -0.3 is 4.90 Å². The molecule has 1 aliphatic heterocycles. The molecule has 4 heteroatoms. The second-order valence-electron chi connectivity index (χ2n) is 4.35. The van der Waals surface area contributed by atoms with E-state index >= 15 is 0 Å². The number of halogens is 1. The maximum atomic E-state index is 6.26. The average Bonchev–Trinajstić information content (AvgIpc) is 2.73. The summed E-state index contributed by atoms with van der Waals surface area (Å²) in [6.07, 6.45) is 5.04. The predicted molar refractivity (Wildman–Crippen MR) is 62.1 cm³/mol. The summed E-state index contributed by atoms with van der Waals surface area (Å²) in [5, 5.41) is 4.51. The molecule has 2 heterocycles. The van der Waals surface area contributed by atoms with Crippen LogP contribution < -0.4 is 0 Å². The third-order valence-corrected chi connectivity index (χ3v) is 3.72. The summed E-state index contributed by atoms with van der Waals surface area (Å²) in [5.41, 5.74) is 0. The molecule has 0 radical (unpaired) electrons. The third-order valence-electron chi connectivity index (χ3n) is 3.16. The van der Waals surface area contributed by atoms with Crippen molar-refractivity contribution in [2.45, 2.75) is 25.3 Å². The molecule has 0 N–H and O–H groups in total. The zero-order valence-corrected chi connectivity index (χ0v) is 9.90. The van der Waals surface area contributed by atoms with E-state index in [-0.39, 0.29) is 0 Å². The molecule has 2 unspecified atom stereocenters. The summed E-state index contributed by atoms with van der Waals surface area (Å²) in [6, 6.07) is 1.96. The first-order chi connectivity index (χ1) is 7.25. The molecule has 1 saturated heterocycles. The molecule has 1 aromatic rings. The van der Waals surface area contributed by atoms with Crippen molar-refractivity contribution in [2.75, 3.05) is 19.6 Å². The molecule has 1 aromatic heterocycles. The Balaban J connectivity index is 1.76. The van der Waals surface area contributed by atoms with Crippen LogP contribution in [0.25, 0.3) is 0 Å². The smallest absolute Gasteiger partial charge is 0.0536 e. The SMILES string of the molecule is CC1CCN(CCn2cccn2)CC1Cl. The van der Waals surface area contributed by atoms with Crippen LogP contribution in [0.5, 0.6) is 0 Å². The Morgan fingerprint density at radius 2 is 2.33 bits per heavy atom. The highest BCUT2D eigenvalue weighted by Gasteiger charge is 2.23. The Bertz CT molecular complexity index is 286. The van der Waals surface area contributed by atoms with Crippen LogP contribution in [0.3, 0.4) is 0 Å². The van der Waals surface area contributed by atoms with E-state index in [4.69, 9.17) is 11.6 Å². The molecule has 0 saturated carbocycles. The van der Waals surface area contributed by atoms with Gasteiger partial charge in [0.05, 0.1) is 6.54 Å². The topological polar surface area (TPSA) is 21.1 Å². The van der Waals surface area contributed by atoms with Crippen molar-refractivity contribution in [3.8, 4) is 0 Å². The van der Waals surface area contributed by atoms with Crippen LogP contribution in [0.1, 0.15) is 13.3 Å². The van der Waals surface area contributed by atoms with E-state index in [0.29, 0.717) is 11.3 Å². The molecule has 1 fully saturated rings. The molecular formula is C11H18ClN3. The fourth-order valence-electron chi connectivity index (χ4n) is 1.96. The minimum atomic E-state index is 0.316. The van der Waals surface area contributed by atoms with E-state index in [2.05, 4.69) is 16.9 Å². The Hall–Kier alpha value is -0.540. The van der Waals surface area contributed by atoms with E-state index in [0.717, 1.165) is 19.6 Å². The number of nitrogens with zero attached hydrogens (tertiary/aromatic N) is 3. The van der Waals surface area contributed by atoms with E-state index in [1.54, 1.807) is 0 Å². The third kappa shape index (κ3) is 2.95. The molecule has 2 atom stereocenters. The van der Waals surface area contributed by atoms with Gasteiger partial charge in [-0.2, -0.15) is 5.10 Å². The maximum absolute atomic E-state index is 6.26. The summed E-state index contributed by atoms with van der Waals surface area (Å²) < 4.78 is 1.97. The van der Waals surface area contributed by atoms with Crippen molar-refractivity contribution in [3.05, 3.63) is 18.5 Å². The van der Waals surface area contributed by atoms with Gasteiger partial charge in [-0.3, -0.25) is 4.68 Å². The minimum absolute atomic E-state index is 0.316. The number of alkyl halides is 1. The predicted octanol–water partition coefficient (Wildman–Crippen LogP) is 1.83. The molecule has 0 aliphatic carbocycles.